The fourth-order valence-corrected chi connectivity index (χ4v) is 4.06. The van der Waals surface area contributed by atoms with E-state index in [1.54, 1.807) is 0 Å². The molecule has 0 unspecified atom stereocenters. The number of ether oxygens (including phenoxy) is 1. The van der Waals surface area contributed by atoms with Crippen molar-refractivity contribution in [3.05, 3.63) is 90.8 Å². The summed E-state index contributed by atoms with van der Waals surface area (Å²) in [5.74, 6) is 0.752. The van der Waals surface area contributed by atoms with Crippen molar-refractivity contribution >= 4 is 55.4 Å². The number of nitrogens with zero attached hydrogens (tertiary/aromatic N) is 1. The third kappa shape index (κ3) is 5.44. The van der Waals surface area contributed by atoms with E-state index in [1.807, 2.05) is 42.6 Å². The van der Waals surface area contributed by atoms with E-state index in [9.17, 15) is 0 Å². The van der Waals surface area contributed by atoms with Gasteiger partial charge in [-0.15, -0.1) is 0 Å². The van der Waals surface area contributed by atoms with Gasteiger partial charge in [0.05, 0.1) is 10.2 Å². The quantitative estimate of drug-likeness (QED) is 0.323. The third-order valence-electron chi connectivity index (χ3n) is 4.04. The molecule has 2 nitrogen and oxygen atoms in total. The molecule has 5 heteroatoms. The summed E-state index contributed by atoms with van der Waals surface area (Å²) in [5.41, 5.74) is 5.21. The molecule has 0 N–H and O–H groups in total. The standard InChI is InChI=1S/C22H18Br2ClNO/c1-14-3-4-15(2)21(9-14)26-12-17-10-18(23)11-20(24)22(17)27-13-16-5-7-19(25)8-6-16/h3-12H,13H2,1-2H3. The van der Waals surface area contributed by atoms with Crippen LogP contribution in [0.15, 0.2) is 68.5 Å². The fourth-order valence-electron chi connectivity index (χ4n) is 2.56. The van der Waals surface area contributed by atoms with Crippen molar-refractivity contribution in [3.8, 4) is 5.75 Å². The van der Waals surface area contributed by atoms with E-state index >= 15 is 0 Å². The Bertz CT molecular complexity index is 984. The number of aliphatic imine (C=N–C) groups is 1. The third-order valence-corrected chi connectivity index (χ3v) is 5.34. The smallest absolute Gasteiger partial charge is 0.142 e. The number of aryl methyl sites for hydroxylation is 2. The molecule has 0 aliphatic carbocycles. The van der Waals surface area contributed by atoms with E-state index in [0.717, 1.165) is 37.1 Å². The van der Waals surface area contributed by atoms with Gasteiger partial charge in [-0.3, -0.25) is 4.99 Å². The Morgan fingerprint density at radius 3 is 2.48 bits per heavy atom. The first-order valence-corrected chi connectivity index (χ1v) is 10.4. The second-order valence-corrected chi connectivity index (χ2v) is 8.48. The first-order valence-electron chi connectivity index (χ1n) is 8.40. The molecule has 3 aromatic rings. The summed E-state index contributed by atoms with van der Waals surface area (Å²) in [6, 6.07) is 17.8. The second kappa shape index (κ2) is 9.05. The predicted molar refractivity (Wildman–Crippen MR) is 121 cm³/mol. The Balaban J connectivity index is 1.89. The van der Waals surface area contributed by atoms with E-state index in [2.05, 4.69) is 68.9 Å². The summed E-state index contributed by atoms with van der Waals surface area (Å²) in [6.07, 6.45) is 1.84. The summed E-state index contributed by atoms with van der Waals surface area (Å²) in [4.78, 5) is 4.68. The SMILES string of the molecule is Cc1ccc(C)c(N=Cc2cc(Br)cc(Br)c2OCc2ccc(Cl)cc2)c1. The topological polar surface area (TPSA) is 21.6 Å². The monoisotopic (exact) mass is 505 g/mol. The molecule has 27 heavy (non-hydrogen) atoms. The Hall–Kier alpha value is -1.62. The molecule has 0 aromatic heterocycles. The normalized spacial score (nSPS) is 11.1. The van der Waals surface area contributed by atoms with Crippen molar-refractivity contribution in [1.82, 2.24) is 0 Å². The predicted octanol–water partition coefficient (Wildman–Crippen LogP) is 7.81. The zero-order chi connectivity index (χ0) is 19.4. The molecule has 0 atom stereocenters. The lowest BCUT2D eigenvalue weighted by Crippen LogP contribution is -1.99. The molecule has 0 saturated carbocycles. The number of rotatable bonds is 5. The number of halogens is 3. The molecule has 0 fully saturated rings. The highest BCUT2D eigenvalue weighted by Crippen LogP contribution is 2.33. The van der Waals surface area contributed by atoms with Crippen LogP contribution in [0, 0.1) is 13.8 Å². The van der Waals surface area contributed by atoms with Gasteiger partial charge < -0.3 is 4.74 Å². The van der Waals surface area contributed by atoms with Gasteiger partial charge in [0.2, 0.25) is 0 Å². The summed E-state index contributed by atoms with van der Waals surface area (Å²) in [6.45, 7) is 4.57. The van der Waals surface area contributed by atoms with Gasteiger partial charge in [-0.1, -0.05) is 51.8 Å². The maximum atomic E-state index is 6.09. The number of hydrogen-bond acceptors (Lipinski definition) is 2. The lowest BCUT2D eigenvalue weighted by Gasteiger charge is -2.12. The van der Waals surface area contributed by atoms with Crippen molar-refractivity contribution in [2.24, 2.45) is 4.99 Å². The molecule has 0 radical (unpaired) electrons. The average Bonchev–Trinajstić information content (AvgIpc) is 2.63. The molecule has 3 aromatic carbocycles. The number of benzene rings is 3. The lowest BCUT2D eigenvalue weighted by atomic mass is 10.1. The molecule has 3 rings (SSSR count). The highest BCUT2D eigenvalue weighted by Gasteiger charge is 2.10. The molecule has 0 amide bonds. The molecular weight excluding hydrogens is 490 g/mol. The zero-order valence-corrected chi connectivity index (χ0v) is 18.9. The van der Waals surface area contributed by atoms with Gasteiger partial charge in [0.1, 0.15) is 12.4 Å². The Kier molecular flexibility index (Phi) is 6.74. The minimum atomic E-state index is 0.446. The minimum Gasteiger partial charge on any atom is -0.487 e. The second-order valence-electron chi connectivity index (χ2n) is 6.27. The van der Waals surface area contributed by atoms with Crippen LogP contribution in [-0.4, -0.2) is 6.21 Å². The van der Waals surface area contributed by atoms with Crippen LogP contribution >= 0.6 is 43.5 Å². The molecule has 0 spiro atoms. The van der Waals surface area contributed by atoms with Crippen LogP contribution in [0.5, 0.6) is 5.75 Å². The van der Waals surface area contributed by atoms with Crippen LogP contribution in [0.3, 0.4) is 0 Å². The van der Waals surface area contributed by atoms with E-state index in [-0.39, 0.29) is 0 Å². The van der Waals surface area contributed by atoms with Crippen molar-refractivity contribution < 1.29 is 4.74 Å². The highest BCUT2D eigenvalue weighted by molar-refractivity contribution is 9.11. The summed E-state index contributed by atoms with van der Waals surface area (Å²) in [7, 11) is 0. The summed E-state index contributed by atoms with van der Waals surface area (Å²) in [5, 5.41) is 0.713. The van der Waals surface area contributed by atoms with Crippen LogP contribution in [0.4, 0.5) is 5.69 Å². The highest BCUT2D eigenvalue weighted by atomic mass is 79.9. The molecule has 0 saturated heterocycles. The molecule has 0 heterocycles. The summed E-state index contributed by atoms with van der Waals surface area (Å²) >= 11 is 13.1. The van der Waals surface area contributed by atoms with Crippen LogP contribution in [0.25, 0.3) is 0 Å². The zero-order valence-electron chi connectivity index (χ0n) is 15.0. The van der Waals surface area contributed by atoms with Crippen LogP contribution in [-0.2, 0) is 6.61 Å². The molecule has 138 valence electrons. The summed E-state index contributed by atoms with van der Waals surface area (Å²) < 4.78 is 7.91. The van der Waals surface area contributed by atoms with Crippen molar-refractivity contribution in [1.29, 1.82) is 0 Å². The van der Waals surface area contributed by atoms with Crippen LogP contribution in [0.1, 0.15) is 22.3 Å². The van der Waals surface area contributed by atoms with Gasteiger partial charge in [-0.2, -0.15) is 0 Å². The maximum Gasteiger partial charge on any atom is 0.142 e. The molecular formula is C22H18Br2ClNO. The van der Waals surface area contributed by atoms with E-state index in [0.29, 0.717) is 11.6 Å². The van der Waals surface area contributed by atoms with Crippen LogP contribution < -0.4 is 4.74 Å². The Morgan fingerprint density at radius 1 is 1.00 bits per heavy atom. The van der Waals surface area contributed by atoms with Gasteiger partial charge in [-0.25, -0.2) is 0 Å². The van der Waals surface area contributed by atoms with Crippen LogP contribution in [0.2, 0.25) is 5.02 Å². The van der Waals surface area contributed by atoms with Crippen molar-refractivity contribution in [2.75, 3.05) is 0 Å². The van der Waals surface area contributed by atoms with E-state index < -0.39 is 0 Å². The first-order chi connectivity index (χ1) is 12.9. The number of hydrogen-bond donors (Lipinski definition) is 0. The molecule has 0 aliphatic heterocycles. The van der Waals surface area contributed by atoms with Gasteiger partial charge in [0, 0.05) is 21.3 Å². The fraction of sp³-hybridized carbons (Fsp3) is 0.136. The molecule has 0 bridgehead atoms. The van der Waals surface area contributed by atoms with E-state index in [4.69, 9.17) is 16.3 Å². The van der Waals surface area contributed by atoms with Gasteiger partial charge in [-0.05, 0) is 76.8 Å². The Morgan fingerprint density at radius 2 is 1.74 bits per heavy atom. The van der Waals surface area contributed by atoms with E-state index in [1.165, 1.54) is 5.56 Å². The minimum absolute atomic E-state index is 0.446. The lowest BCUT2D eigenvalue weighted by molar-refractivity contribution is 0.304. The first kappa shape index (κ1) is 20.1. The largest absolute Gasteiger partial charge is 0.487 e. The van der Waals surface area contributed by atoms with Gasteiger partial charge in [0.25, 0.3) is 0 Å². The van der Waals surface area contributed by atoms with Gasteiger partial charge in [0.15, 0.2) is 0 Å². The Labute approximate surface area is 181 Å². The average molecular weight is 508 g/mol. The van der Waals surface area contributed by atoms with Crippen molar-refractivity contribution in [3.63, 3.8) is 0 Å². The van der Waals surface area contributed by atoms with Crippen molar-refractivity contribution in [2.45, 2.75) is 20.5 Å². The maximum absolute atomic E-state index is 6.09. The van der Waals surface area contributed by atoms with Gasteiger partial charge >= 0.3 is 0 Å². The molecule has 0 aliphatic rings.